The Hall–Kier alpha value is -3.84. The molecule has 1 unspecified atom stereocenters. The lowest BCUT2D eigenvalue weighted by atomic mass is 10.00. The van der Waals surface area contributed by atoms with Crippen LogP contribution in [0.15, 0.2) is 58.9 Å². The van der Waals surface area contributed by atoms with E-state index in [4.69, 9.17) is 33.8 Å². The molecule has 5 N–H and O–H groups in total. The minimum Gasteiger partial charge on any atom is -0.491 e. The molecular formula is C26H21ClN6O3S2. The Kier molecular flexibility index (Phi) is 9.02. The summed E-state index contributed by atoms with van der Waals surface area (Å²) in [4.78, 5) is 12.5. The number of pyridine rings is 1. The molecule has 0 aliphatic heterocycles. The number of aromatic nitrogens is 2. The van der Waals surface area contributed by atoms with Gasteiger partial charge in [0.15, 0.2) is 5.13 Å². The number of aliphatic hydroxyl groups is 2. The lowest BCUT2D eigenvalue weighted by Gasteiger charge is -2.14. The maximum atomic E-state index is 10.0. The Labute approximate surface area is 232 Å². The van der Waals surface area contributed by atoms with E-state index in [1.165, 1.54) is 23.1 Å². The van der Waals surface area contributed by atoms with Crippen LogP contribution in [0.5, 0.6) is 5.75 Å². The second kappa shape index (κ2) is 12.6. The molecule has 38 heavy (non-hydrogen) atoms. The van der Waals surface area contributed by atoms with Crippen LogP contribution in [0.1, 0.15) is 11.3 Å². The number of hydrogen-bond donors (Lipinski definition) is 4. The van der Waals surface area contributed by atoms with Crippen molar-refractivity contribution >= 4 is 57.0 Å². The van der Waals surface area contributed by atoms with E-state index in [1.54, 1.807) is 36.4 Å². The quantitative estimate of drug-likeness (QED) is 0.142. The molecule has 0 bridgehead atoms. The fraction of sp³-hybridized carbons (Fsp3) is 0.154. The first kappa shape index (κ1) is 27.2. The lowest BCUT2D eigenvalue weighted by Crippen LogP contribution is -2.21. The maximum Gasteiger partial charge on any atom is 0.236 e. The number of rotatable bonds is 10. The summed E-state index contributed by atoms with van der Waals surface area (Å²) in [5, 5.41) is 35.3. The molecule has 0 amide bonds. The molecule has 0 spiro atoms. The van der Waals surface area contributed by atoms with Gasteiger partial charge in [-0.25, -0.2) is 14.8 Å². The van der Waals surface area contributed by atoms with Gasteiger partial charge >= 0.3 is 0 Å². The largest absolute Gasteiger partial charge is 0.491 e. The number of ether oxygens (including phenoxy) is 1. The molecule has 0 aliphatic rings. The number of benzene rings is 2. The molecule has 0 fully saturated rings. The minimum absolute atomic E-state index is 0.0319. The molecule has 4 aromatic rings. The third kappa shape index (κ3) is 6.53. The van der Waals surface area contributed by atoms with E-state index in [0.29, 0.717) is 37.8 Å². The van der Waals surface area contributed by atoms with Crippen LogP contribution in [0, 0.1) is 17.9 Å². The molecule has 0 saturated heterocycles. The molecule has 9 nitrogen and oxygen atoms in total. The predicted molar refractivity (Wildman–Crippen MR) is 150 cm³/mol. The summed E-state index contributed by atoms with van der Waals surface area (Å²) in [6.07, 6.45) is -0.991. The Morgan fingerprint density at radius 2 is 2.05 bits per heavy atom. The summed E-state index contributed by atoms with van der Waals surface area (Å²) < 4.78 is 5.45. The summed E-state index contributed by atoms with van der Waals surface area (Å²) >= 11 is 8.80. The predicted octanol–water partition coefficient (Wildman–Crippen LogP) is 5.63. The van der Waals surface area contributed by atoms with Crippen LogP contribution >= 0.6 is 34.7 Å². The Morgan fingerprint density at radius 3 is 2.74 bits per heavy atom. The van der Waals surface area contributed by atoms with Crippen LogP contribution in [-0.4, -0.2) is 39.5 Å². The topological polar surface area (TPSA) is 142 Å². The van der Waals surface area contributed by atoms with Gasteiger partial charge in [0.1, 0.15) is 35.4 Å². The highest BCUT2D eigenvalue weighted by molar-refractivity contribution is 7.98. The number of nitrogen functional groups attached to an aromatic ring is 1. The fourth-order valence-electron chi connectivity index (χ4n) is 3.40. The molecule has 0 radical (unpaired) electrons. The number of nitrogens with two attached hydrogens (primary N) is 1. The zero-order valence-corrected chi connectivity index (χ0v) is 22.1. The monoisotopic (exact) mass is 564 g/mol. The van der Waals surface area contributed by atoms with Crippen molar-refractivity contribution < 1.29 is 14.9 Å². The maximum absolute atomic E-state index is 10.0. The van der Waals surface area contributed by atoms with Crippen molar-refractivity contribution in [2.75, 3.05) is 24.3 Å². The first-order valence-corrected chi connectivity index (χ1v) is 13.4. The van der Waals surface area contributed by atoms with E-state index in [0.717, 1.165) is 11.4 Å². The molecule has 0 aliphatic carbocycles. The molecular weight excluding hydrogens is 544 g/mol. The molecule has 192 valence electrons. The van der Waals surface area contributed by atoms with Gasteiger partial charge in [0, 0.05) is 27.4 Å². The van der Waals surface area contributed by atoms with Crippen LogP contribution in [0.2, 0.25) is 5.02 Å². The highest BCUT2D eigenvalue weighted by Crippen LogP contribution is 2.42. The Bertz CT molecular complexity index is 1520. The smallest absolute Gasteiger partial charge is 0.236 e. The molecule has 2 aromatic heterocycles. The Morgan fingerprint density at radius 1 is 1.26 bits per heavy atom. The van der Waals surface area contributed by atoms with Gasteiger partial charge in [-0.2, -0.15) is 5.26 Å². The van der Waals surface area contributed by atoms with Crippen molar-refractivity contribution in [3.05, 3.63) is 81.6 Å². The van der Waals surface area contributed by atoms with Crippen LogP contribution in [0.25, 0.3) is 16.0 Å². The van der Waals surface area contributed by atoms with Crippen molar-refractivity contribution in [1.82, 2.24) is 9.97 Å². The number of nitrogens with zero attached hydrogens (tertiary/aromatic N) is 4. The third-order valence-corrected chi connectivity index (χ3v) is 7.22. The van der Waals surface area contributed by atoms with Crippen molar-refractivity contribution in [1.29, 1.82) is 5.26 Å². The van der Waals surface area contributed by atoms with Crippen LogP contribution in [0.4, 0.5) is 22.3 Å². The van der Waals surface area contributed by atoms with Crippen LogP contribution < -0.4 is 15.8 Å². The summed E-state index contributed by atoms with van der Waals surface area (Å²) in [6, 6.07) is 16.2. The van der Waals surface area contributed by atoms with E-state index in [1.807, 2.05) is 17.5 Å². The summed E-state index contributed by atoms with van der Waals surface area (Å²) in [5.41, 5.74) is 9.07. The summed E-state index contributed by atoms with van der Waals surface area (Å²) in [7, 11) is 0. The van der Waals surface area contributed by atoms with Gasteiger partial charge < -0.3 is 26.0 Å². The molecule has 1 atom stereocenters. The van der Waals surface area contributed by atoms with E-state index in [9.17, 15) is 10.4 Å². The summed E-state index contributed by atoms with van der Waals surface area (Å²) in [6.45, 7) is 7.15. The highest BCUT2D eigenvalue weighted by atomic mass is 35.5. The first-order chi connectivity index (χ1) is 18.4. The number of nitriles is 1. The second-order valence-electron chi connectivity index (χ2n) is 7.86. The van der Waals surface area contributed by atoms with E-state index in [-0.39, 0.29) is 23.7 Å². The van der Waals surface area contributed by atoms with Gasteiger partial charge in [-0.15, -0.1) is 11.3 Å². The van der Waals surface area contributed by atoms with Gasteiger partial charge in [-0.3, -0.25) is 0 Å². The van der Waals surface area contributed by atoms with Gasteiger partial charge in [0.05, 0.1) is 24.4 Å². The van der Waals surface area contributed by atoms with Crippen molar-refractivity contribution in [3.8, 4) is 22.9 Å². The fourth-order valence-corrected chi connectivity index (χ4v) is 5.31. The zero-order valence-electron chi connectivity index (χ0n) is 19.8. The van der Waals surface area contributed by atoms with Gasteiger partial charge in [0.2, 0.25) is 5.69 Å². The zero-order chi connectivity index (χ0) is 27.1. The lowest BCUT2D eigenvalue weighted by molar-refractivity contribution is 0.0536. The van der Waals surface area contributed by atoms with Crippen LogP contribution in [-0.2, 0) is 5.75 Å². The van der Waals surface area contributed by atoms with Crippen molar-refractivity contribution in [2.24, 2.45) is 0 Å². The summed E-state index contributed by atoms with van der Waals surface area (Å²) in [5.74, 6) is 0.932. The molecule has 0 saturated carbocycles. The second-order valence-corrected chi connectivity index (χ2v) is 10.1. The SMILES string of the molecule is [C-]#[N+]c1c(N)nc(SCc2csc(Nc3cccc(Cl)c3)n2)c(C#N)c1-c1ccc(OCC(O)CO)cc1. The number of thioether (sulfide) groups is 1. The first-order valence-electron chi connectivity index (χ1n) is 11.1. The molecule has 12 heteroatoms. The molecule has 2 aromatic carbocycles. The number of thiazole rings is 1. The van der Waals surface area contributed by atoms with E-state index in [2.05, 4.69) is 26.2 Å². The van der Waals surface area contributed by atoms with E-state index < -0.39 is 12.7 Å². The number of nitrogens with one attached hydrogen (secondary N) is 1. The van der Waals surface area contributed by atoms with Gasteiger partial charge in [-0.1, -0.05) is 41.6 Å². The molecule has 2 heterocycles. The van der Waals surface area contributed by atoms with E-state index >= 15 is 0 Å². The van der Waals surface area contributed by atoms with Crippen molar-refractivity contribution in [2.45, 2.75) is 16.9 Å². The van der Waals surface area contributed by atoms with Crippen LogP contribution in [0.3, 0.4) is 0 Å². The van der Waals surface area contributed by atoms with Crippen molar-refractivity contribution in [3.63, 3.8) is 0 Å². The number of aliphatic hydroxyl groups excluding tert-OH is 2. The normalized spacial score (nSPS) is 11.4. The third-order valence-electron chi connectivity index (χ3n) is 5.17. The van der Waals surface area contributed by atoms with Gasteiger partial charge in [-0.05, 0) is 35.9 Å². The molecule has 4 rings (SSSR count). The minimum atomic E-state index is -0.991. The standard InChI is InChI=1S/C26H21ClN6O3S2/c1-30-23-22(15-5-7-20(8-6-15)36-12-19(35)11-34)21(10-28)25(33-24(23)29)37-13-18-14-38-26(32-18)31-17-4-2-3-16(27)9-17/h2-9,14,19,34-35H,11-13H2,(H2,29,33)(H,31,32). The number of hydrogen-bond acceptors (Lipinski definition) is 10. The average Bonchev–Trinajstić information content (AvgIpc) is 3.37. The number of halogens is 1. The van der Waals surface area contributed by atoms with Gasteiger partial charge in [0.25, 0.3) is 0 Å². The average molecular weight is 565 g/mol. The number of anilines is 3. The highest BCUT2D eigenvalue weighted by Gasteiger charge is 2.21. The Balaban J connectivity index is 1.56.